The Morgan fingerprint density at radius 2 is 1.84 bits per heavy atom. The molecule has 2 aromatic carbocycles. The van der Waals surface area contributed by atoms with Crippen molar-refractivity contribution in [2.45, 2.75) is 18.9 Å². The second-order valence-corrected chi connectivity index (χ2v) is 5.07. The predicted molar refractivity (Wildman–Crippen MR) is 72.7 cm³/mol. The highest BCUT2D eigenvalue weighted by molar-refractivity contribution is 5.51. The zero-order chi connectivity index (χ0) is 13.5. The number of rotatable bonds is 2. The molecule has 1 unspecified atom stereocenters. The van der Waals surface area contributed by atoms with E-state index in [-0.39, 0.29) is 5.82 Å². The van der Waals surface area contributed by atoms with E-state index in [0.29, 0.717) is 12.2 Å². The fourth-order valence-corrected chi connectivity index (χ4v) is 2.65. The predicted octanol–water partition coefficient (Wildman–Crippen LogP) is 2.98. The van der Waals surface area contributed by atoms with Crippen LogP contribution in [0.15, 0.2) is 42.5 Å². The Morgan fingerprint density at radius 3 is 2.63 bits per heavy atom. The van der Waals surface area contributed by atoms with E-state index in [0.717, 1.165) is 23.3 Å². The van der Waals surface area contributed by atoms with Crippen LogP contribution in [0, 0.1) is 5.82 Å². The number of hydrogen-bond acceptors (Lipinski definition) is 2. The van der Waals surface area contributed by atoms with Crippen LogP contribution in [0.25, 0.3) is 0 Å². The smallest absolute Gasteiger partial charge is 0.128 e. The molecule has 2 aromatic rings. The summed E-state index contributed by atoms with van der Waals surface area (Å²) in [4.78, 5) is 0. The number of benzene rings is 2. The Balaban J connectivity index is 2.16. The number of halogens is 1. The molecule has 0 saturated heterocycles. The van der Waals surface area contributed by atoms with Crippen LogP contribution in [0.4, 0.5) is 4.39 Å². The first-order valence-electron chi connectivity index (χ1n) is 6.40. The van der Waals surface area contributed by atoms with Gasteiger partial charge in [0.1, 0.15) is 11.6 Å². The van der Waals surface area contributed by atoms with E-state index in [2.05, 4.69) is 0 Å². The normalized spacial score (nSPS) is 16.6. The van der Waals surface area contributed by atoms with Crippen LogP contribution in [0.5, 0.6) is 5.75 Å². The highest BCUT2D eigenvalue weighted by Crippen LogP contribution is 2.38. The summed E-state index contributed by atoms with van der Waals surface area (Å²) in [6.45, 7) is 2.49. The molecule has 1 aliphatic rings. The molecule has 0 amide bonds. The van der Waals surface area contributed by atoms with E-state index in [1.165, 1.54) is 6.07 Å². The molecule has 0 aliphatic carbocycles. The van der Waals surface area contributed by atoms with Crippen LogP contribution in [-0.2, 0) is 12.0 Å². The second kappa shape index (κ2) is 4.35. The first-order valence-corrected chi connectivity index (χ1v) is 6.40. The molecule has 98 valence electrons. The van der Waals surface area contributed by atoms with Gasteiger partial charge in [-0.25, -0.2) is 4.39 Å². The molecular formula is C16H16FNO. The summed E-state index contributed by atoms with van der Waals surface area (Å²) in [6.07, 6.45) is 0.885. The SMILES string of the molecule is CC(N)(c1ccccc1F)c1cccc2c1OCC2. The van der Waals surface area contributed by atoms with E-state index in [4.69, 9.17) is 10.5 Å². The van der Waals surface area contributed by atoms with Crippen LogP contribution in [-0.4, -0.2) is 6.61 Å². The lowest BCUT2D eigenvalue weighted by atomic mass is 9.84. The number of hydrogen-bond donors (Lipinski definition) is 1. The highest BCUT2D eigenvalue weighted by Gasteiger charge is 2.32. The van der Waals surface area contributed by atoms with Gasteiger partial charge in [0.2, 0.25) is 0 Å². The topological polar surface area (TPSA) is 35.2 Å². The van der Waals surface area contributed by atoms with Crippen LogP contribution < -0.4 is 10.5 Å². The summed E-state index contributed by atoms with van der Waals surface area (Å²) in [5.74, 6) is 0.527. The molecule has 0 saturated carbocycles. The van der Waals surface area contributed by atoms with Gasteiger partial charge in [0.15, 0.2) is 0 Å². The molecule has 2 nitrogen and oxygen atoms in total. The van der Waals surface area contributed by atoms with E-state index in [9.17, 15) is 4.39 Å². The van der Waals surface area contributed by atoms with Crippen molar-refractivity contribution >= 4 is 0 Å². The largest absolute Gasteiger partial charge is 0.493 e. The van der Waals surface area contributed by atoms with Crippen molar-refractivity contribution < 1.29 is 9.13 Å². The number of para-hydroxylation sites is 1. The maximum Gasteiger partial charge on any atom is 0.128 e. The third-order valence-electron chi connectivity index (χ3n) is 3.71. The monoisotopic (exact) mass is 257 g/mol. The van der Waals surface area contributed by atoms with E-state index in [1.807, 2.05) is 25.1 Å². The quantitative estimate of drug-likeness (QED) is 0.897. The average Bonchev–Trinajstić information content (AvgIpc) is 2.86. The summed E-state index contributed by atoms with van der Waals surface area (Å²) in [5.41, 5.74) is 7.98. The van der Waals surface area contributed by atoms with Crippen LogP contribution in [0.3, 0.4) is 0 Å². The van der Waals surface area contributed by atoms with Gasteiger partial charge in [-0.3, -0.25) is 0 Å². The van der Waals surface area contributed by atoms with Gasteiger partial charge < -0.3 is 10.5 Å². The molecule has 1 atom stereocenters. The molecule has 3 rings (SSSR count). The Morgan fingerprint density at radius 1 is 1.11 bits per heavy atom. The van der Waals surface area contributed by atoms with E-state index >= 15 is 0 Å². The number of ether oxygens (including phenoxy) is 1. The fourth-order valence-electron chi connectivity index (χ4n) is 2.65. The summed E-state index contributed by atoms with van der Waals surface area (Å²) < 4.78 is 19.7. The van der Waals surface area contributed by atoms with Crippen molar-refractivity contribution in [1.29, 1.82) is 0 Å². The lowest BCUT2D eigenvalue weighted by molar-refractivity contribution is 0.347. The second-order valence-electron chi connectivity index (χ2n) is 5.07. The van der Waals surface area contributed by atoms with Gasteiger partial charge in [0.25, 0.3) is 0 Å². The van der Waals surface area contributed by atoms with Crippen molar-refractivity contribution in [3.63, 3.8) is 0 Å². The lowest BCUT2D eigenvalue weighted by Crippen LogP contribution is -2.35. The summed E-state index contributed by atoms with van der Waals surface area (Å²) >= 11 is 0. The Hall–Kier alpha value is -1.87. The molecule has 1 aliphatic heterocycles. The third-order valence-corrected chi connectivity index (χ3v) is 3.71. The average molecular weight is 257 g/mol. The van der Waals surface area contributed by atoms with Gasteiger partial charge in [-0.15, -0.1) is 0 Å². The Bertz CT molecular complexity index is 622. The number of nitrogens with two attached hydrogens (primary N) is 1. The zero-order valence-electron chi connectivity index (χ0n) is 10.8. The molecule has 1 heterocycles. The number of fused-ring (bicyclic) bond motifs is 1. The van der Waals surface area contributed by atoms with Crippen molar-refractivity contribution in [1.82, 2.24) is 0 Å². The minimum atomic E-state index is -0.902. The molecule has 0 fully saturated rings. The summed E-state index contributed by atoms with van der Waals surface area (Å²) in [5, 5.41) is 0. The van der Waals surface area contributed by atoms with Crippen LogP contribution in [0.1, 0.15) is 23.6 Å². The van der Waals surface area contributed by atoms with Crippen LogP contribution in [0.2, 0.25) is 0 Å². The Labute approximate surface area is 112 Å². The highest BCUT2D eigenvalue weighted by atomic mass is 19.1. The van der Waals surface area contributed by atoms with E-state index in [1.54, 1.807) is 18.2 Å². The molecule has 0 radical (unpaired) electrons. The molecule has 2 N–H and O–H groups in total. The molecule has 3 heteroatoms. The van der Waals surface area contributed by atoms with Gasteiger partial charge in [-0.2, -0.15) is 0 Å². The zero-order valence-corrected chi connectivity index (χ0v) is 10.8. The van der Waals surface area contributed by atoms with Crippen molar-refractivity contribution in [2.24, 2.45) is 5.73 Å². The first-order chi connectivity index (χ1) is 9.10. The maximum atomic E-state index is 14.0. The van der Waals surface area contributed by atoms with Gasteiger partial charge in [-0.05, 0) is 18.6 Å². The molecule has 0 aromatic heterocycles. The molecular weight excluding hydrogens is 241 g/mol. The van der Waals surface area contributed by atoms with Crippen molar-refractivity contribution in [3.05, 3.63) is 65.0 Å². The standard InChI is InChI=1S/C16H16FNO/c1-16(18,12-6-2-3-8-14(12)17)13-7-4-5-11-9-10-19-15(11)13/h2-8H,9-10,18H2,1H3. The maximum absolute atomic E-state index is 14.0. The van der Waals surface area contributed by atoms with Gasteiger partial charge in [-0.1, -0.05) is 36.4 Å². The third kappa shape index (κ3) is 1.90. The van der Waals surface area contributed by atoms with E-state index < -0.39 is 5.54 Å². The van der Waals surface area contributed by atoms with Gasteiger partial charge in [0.05, 0.1) is 12.1 Å². The minimum Gasteiger partial charge on any atom is -0.493 e. The summed E-state index contributed by atoms with van der Waals surface area (Å²) in [6, 6.07) is 12.5. The first kappa shape index (κ1) is 12.2. The van der Waals surface area contributed by atoms with Gasteiger partial charge in [0, 0.05) is 17.5 Å². The molecule has 0 bridgehead atoms. The molecule has 0 spiro atoms. The summed E-state index contributed by atoms with van der Waals surface area (Å²) in [7, 11) is 0. The minimum absolute atomic E-state index is 0.289. The Kier molecular flexibility index (Phi) is 2.79. The fraction of sp³-hybridized carbons (Fsp3) is 0.250. The van der Waals surface area contributed by atoms with Crippen LogP contribution >= 0.6 is 0 Å². The molecule has 19 heavy (non-hydrogen) atoms. The van der Waals surface area contributed by atoms with Crippen molar-refractivity contribution in [2.75, 3.05) is 6.61 Å². The lowest BCUT2D eigenvalue weighted by Gasteiger charge is -2.28. The van der Waals surface area contributed by atoms with Gasteiger partial charge >= 0.3 is 0 Å². The van der Waals surface area contributed by atoms with Crippen molar-refractivity contribution in [3.8, 4) is 5.75 Å².